The molecule has 1 aromatic carbocycles. The normalized spacial score (nSPS) is 29.4. The summed E-state index contributed by atoms with van der Waals surface area (Å²) < 4.78 is 0. The SMILES string of the molecule is CC1CCC2(CC1)NC(=O)N(CC(O)CN1CCN(c3ccccc3)CC1)C2=O. The number of imide groups is 1. The van der Waals surface area contributed by atoms with Crippen molar-refractivity contribution in [1.29, 1.82) is 0 Å². The number of aliphatic hydroxyl groups is 1. The molecule has 1 spiro atoms. The van der Waals surface area contributed by atoms with Crippen molar-refractivity contribution >= 4 is 17.6 Å². The van der Waals surface area contributed by atoms with Crippen LogP contribution in [0.4, 0.5) is 10.5 Å². The number of rotatable bonds is 5. The average Bonchev–Trinajstić information content (AvgIpc) is 2.96. The largest absolute Gasteiger partial charge is 0.390 e. The number of aliphatic hydroxyl groups excluding tert-OH is 1. The van der Waals surface area contributed by atoms with Crippen LogP contribution in [0.3, 0.4) is 0 Å². The summed E-state index contributed by atoms with van der Waals surface area (Å²) in [6, 6.07) is 9.99. The molecule has 1 unspecified atom stereocenters. The van der Waals surface area contributed by atoms with Crippen LogP contribution in [0, 0.1) is 5.92 Å². The Morgan fingerprint density at radius 2 is 1.72 bits per heavy atom. The van der Waals surface area contributed by atoms with Crippen molar-refractivity contribution in [3.63, 3.8) is 0 Å². The highest BCUT2D eigenvalue weighted by Crippen LogP contribution is 2.36. The highest BCUT2D eigenvalue weighted by Gasteiger charge is 2.52. The van der Waals surface area contributed by atoms with Gasteiger partial charge < -0.3 is 15.3 Å². The fraction of sp³-hybridized carbons (Fsp3) is 0.636. The Kier molecular flexibility index (Phi) is 5.79. The molecule has 4 rings (SSSR count). The molecule has 3 aliphatic rings. The molecule has 7 heteroatoms. The lowest BCUT2D eigenvalue weighted by atomic mass is 9.77. The maximum atomic E-state index is 12.9. The minimum atomic E-state index is -0.732. The number of benzene rings is 1. The predicted octanol–water partition coefficient (Wildman–Crippen LogP) is 1.67. The molecule has 1 saturated carbocycles. The monoisotopic (exact) mass is 400 g/mol. The molecule has 2 heterocycles. The standard InChI is InChI=1S/C22H32N4O3/c1-17-7-9-22(10-8-17)20(28)26(21(29)23-22)16-19(27)15-24-11-13-25(14-12-24)18-5-3-2-4-6-18/h2-6,17,19,27H,7-16H2,1H3,(H,23,29). The summed E-state index contributed by atoms with van der Waals surface area (Å²) in [4.78, 5) is 31.2. The second-order valence-corrected chi connectivity index (χ2v) is 8.89. The number of para-hydroxylation sites is 1. The van der Waals surface area contributed by atoms with Gasteiger partial charge in [-0.1, -0.05) is 25.1 Å². The lowest BCUT2D eigenvalue weighted by Gasteiger charge is -2.37. The second-order valence-electron chi connectivity index (χ2n) is 8.89. The molecule has 1 aromatic rings. The minimum absolute atomic E-state index is 0.0703. The maximum absolute atomic E-state index is 12.9. The molecule has 3 amide bonds. The number of urea groups is 1. The van der Waals surface area contributed by atoms with Crippen LogP contribution in [0.1, 0.15) is 32.6 Å². The number of nitrogens with one attached hydrogen (secondary N) is 1. The summed E-state index contributed by atoms with van der Waals surface area (Å²) in [7, 11) is 0. The second kappa shape index (κ2) is 8.32. The van der Waals surface area contributed by atoms with Crippen LogP contribution in [-0.2, 0) is 4.79 Å². The molecular formula is C22H32N4O3. The van der Waals surface area contributed by atoms with Crippen LogP contribution in [0.15, 0.2) is 30.3 Å². The van der Waals surface area contributed by atoms with E-state index in [0.29, 0.717) is 25.3 Å². The van der Waals surface area contributed by atoms with Crippen molar-refractivity contribution in [2.45, 2.75) is 44.2 Å². The number of nitrogens with zero attached hydrogens (tertiary/aromatic N) is 3. The van der Waals surface area contributed by atoms with E-state index in [-0.39, 0.29) is 18.5 Å². The van der Waals surface area contributed by atoms with E-state index in [1.807, 2.05) is 18.2 Å². The van der Waals surface area contributed by atoms with Crippen LogP contribution in [0.25, 0.3) is 0 Å². The molecule has 1 atom stereocenters. The fourth-order valence-electron chi connectivity index (χ4n) is 4.83. The van der Waals surface area contributed by atoms with E-state index in [1.54, 1.807) is 0 Å². The zero-order chi connectivity index (χ0) is 20.4. The third-order valence-electron chi connectivity index (χ3n) is 6.73. The summed E-state index contributed by atoms with van der Waals surface area (Å²) in [6.07, 6.45) is 2.58. The first-order valence-electron chi connectivity index (χ1n) is 10.8. The van der Waals surface area contributed by atoms with E-state index in [1.165, 1.54) is 10.6 Å². The molecular weight excluding hydrogens is 368 g/mol. The van der Waals surface area contributed by atoms with Crippen LogP contribution < -0.4 is 10.2 Å². The van der Waals surface area contributed by atoms with Crippen molar-refractivity contribution in [1.82, 2.24) is 15.1 Å². The van der Waals surface area contributed by atoms with Crippen molar-refractivity contribution in [3.8, 4) is 0 Å². The summed E-state index contributed by atoms with van der Waals surface area (Å²) >= 11 is 0. The van der Waals surface area contributed by atoms with Gasteiger partial charge in [0.25, 0.3) is 5.91 Å². The van der Waals surface area contributed by atoms with Gasteiger partial charge in [0.15, 0.2) is 0 Å². The Bertz CT molecular complexity index is 725. The van der Waals surface area contributed by atoms with Crippen molar-refractivity contribution in [2.75, 3.05) is 44.2 Å². The van der Waals surface area contributed by atoms with Crippen molar-refractivity contribution < 1.29 is 14.7 Å². The summed E-state index contributed by atoms with van der Waals surface area (Å²) in [5.41, 5.74) is 0.490. The van der Waals surface area contributed by atoms with Gasteiger partial charge in [0.2, 0.25) is 0 Å². The lowest BCUT2D eigenvalue weighted by molar-refractivity contribution is -0.133. The Morgan fingerprint density at radius 3 is 2.38 bits per heavy atom. The van der Waals surface area contributed by atoms with E-state index in [9.17, 15) is 14.7 Å². The van der Waals surface area contributed by atoms with Gasteiger partial charge in [-0.2, -0.15) is 0 Å². The minimum Gasteiger partial charge on any atom is -0.390 e. The molecule has 7 nitrogen and oxygen atoms in total. The Labute approximate surface area is 172 Å². The highest BCUT2D eigenvalue weighted by molar-refractivity contribution is 6.07. The number of amides is 3. The Morgan fingerprint density at radius 1 is 1.07 bits per heavy atom. The van der Waals surface area contributed by atoms with E-state index >= 15 is 0 Å². The van der Waals surface area contributed by atoms with Gasteiger partial charge in [-0.05, 0) is 43.7 Å². The van der Waals surface area contributed by atoms with Gasteiger partial charge in [0.05, 0.1) is 12.6 Å². The first-order chi connectivity index (χ1) is 14.0. The molecule has 2 saturated heterocycles. The first kappa shape index (κ1) is 20.2. The zero-order valence-electron chi connectivity index (χ0n) is 17.2. The van der Waals surface area contributed by atoms with Crippen LogP contribution in [0.2, 0.25) is 0 Å². The number of carbonyl (C=O) groups excluding carboxylic acids is 2. The van der Waals surface area contributed by atoms with E-state index in [0.717, 1.165) is 39.0 Å². The lowest BCUT2D eigenvalue weighted by Crippen LogP contribution is -2.51. The van der Waals surface area contributed by atoms with Crippen LogP contribution in [-0.4, -0.2) is 77.8 Å². The smallest absolute Gasteiger partial charge is 0.325 e. The first-order valence-corrected chi connectivity index (χ1v) is 10.8. The molecule has 29 heavy (non-hydrogen) atoms. The molecule has 158 valence electrons. The van der Waals surface area contributed by atoms with Crippen LogP contribution in [0.5, 0.6) is 0 Å². The number of hydrogen-bond acceptors (Lipinski definition) is 5. The zero-order valence-corrected chi connectivity index (χ0v) is 17.2. The van der Waals surface area contributed by atoms with E-state index in [2.05, 4.69) is 34.2 Å². The molecule has 0 aromatic heterocycles. The van der Waals surface area contributed by atoms with Gasteiger partial charge in [-0.15, -0.1) is 0 Å². The fourth-order valence-corrected chi connectivity index (χ4v) is 4.83. The third kappa shape index (κ3) is 4.26. The average molecular weight is 401 g/mol. The number of carbonyl (C=O) groups is 2. The summed E-state index contributed by atoms with van der Waals surface area (Å²) in [6.45, 7) is 6.25. The topological polar surface area (TPSA) is 76.1 Å². The predicted molar refractivity (Wildman–Crippen MR) is 112 cm³/mol. The molecule has 0 radical (unpaired) electrons. The Balaban J connectivity index is 1.27. The highest BCUT2D eigenvalue weighted by atomic mass is 16.3. The molecule has 1 aliphatic carbocycles. The summed E-state index contributed by atoms with van der Waals surface area (Å²) in [5, 5.41) is 13.5. The van der Waals surface area contributed by atoms with Gasteiger partial charge in [0, 0.05) is 38.4 Å². The van der Waals surface area contributed by atoms with Crippen LogP contribution >= 0.6 is 0 Å². The maximum Gasteiger partial charge on any atom is 0.325 e. The van der Waals surface area contributed by atoms with Gasteiger partial charge in [-0.25, -0.2) is 4.79 Å². The molecule has 2 N–H and O–H groups in total. The van der Waals surface area contributed by atoms with E-state index in [4.69, 9.17) is 0 Å². The number of piperazine rings is 1. The number of β-amino-alcohol motifs (C(OH)–C–C–N with tert-alkyl or cyclic N) is 1. The Hall–Kier alpha value is -2.12. The molecule has 2 aliphatic heterocycles. The van der Waals surface area contributed by atoms with Crippen molar-refractivity contribution in [2.24, 2.45) is 5.92 Å². The van der Waals surface area contributed by atoms with Gasteiger partial charge in [0.1, 0.15) is 5.54 Å². The molecule has 0 bridgehead atoms. The number of hydrogen-bond donors (Lipinski definition) is 2. The van der Waals surface area contributed by atoms with Crippen molar-refractivity contribution in [3.05, 3.63) is 30.3 Å². The van der Waals surface area contributed by atoms with Gasteiger partial charge in [-0.3, -0.25) is 14.6 Å². The van der Waals surface area contributed by atoms with E-state index < -0.39 is 11.6 Å². The molecule has 3 fully saturated rings. The summed E-state index contributed by atoms with van der Waals surface area (Å²) in [5.74, 6) is 0.446. The quantitative estimate of drug-likeness (QED) is 0.736. The number of anilines is 1. The third-order valence-corrected chi connectivity index (χ3v) is 6.73. The van der Waals surface area contributed by atoms with Gasteiger partial charge >= 0.3 is 6.03 Å².